The largest absolute Gasteiger partial charge is 0.364 e. The first-order valence-electron chi connectivity index (χ1n) is 3.35. The Hall–Kier alpha value is -1.51. The van der Waals surface area contributed by atoms with Gasteiger partial charge in [-0.15, -0.1) is 0 Å². The molecule has 3 nitrogen and oxygen atoms in total. The number of amides is 1. The number of carbonyl (C=O) groups is 1. The van der Waals surface area contributed by atoms with Crippen LogP contribution in [0.5, 0.6) is 0 Å². The molecule has 0 atom stereocenters. The van der Waals surface area contributed by atoms with Gasteiger partial charge in [0.2, 0.25) is 5.91 Å². The van der Waals surface area contributed by atoms with E-state index in [2.05, 4.69) is 16.9 Å². The molecule has 0 bridgehead atoms. The minimum absolute atomic E-state index is 0.153. The van der Waals surface area contributed by atoms with Gasteiger partial charge in [-0.25, -0.2) is 0 Å². The number of aromatic amines is 1. The maximum absolute atomic E-state index is 10.7. The van der Waals surface area contributed by atoms with E-state index in [-0.39, 0.29) is 5.91 Å². The highest BCUT2D eigenvalue weighted by Crippen LogP contribution is 1.92. The van der Waals surface area contributed by atoms with E-state index in [1.54, 1.807) is 0 Å². The molecule has 0 aliphatic heterocycles. The van der Waals surface area contributed by atoms with E-state index in [9.17, 15) is 4.79 Å². The molecule has 58 valence electrons. The molecule has 11 heavy (non-hydrogen) atoms. The highest BCUT2D eigenvalue weighted by atomic mass is 16.1. The van der Waals surface area contributed by atoms with Crippen molar-refractivity contribution >= 4 is 5.91 Å². The number of aromatic nitrogens is 1. The van der Waals surface area contributed by atoms with Crippen molar-refractivity contribution in [2.75, 3.05) is 0 Å². The predicted molar refractivity (Wildman–Crippen MR) is 42.8 cm³/mol. The van der Waals surface area contributed by atoms with Crippen molar-refractivity contribution in [3.8, 4) is 0 Å². The van der Waals surface area contributed by atoms with Crippen molar-refractivity contribution < 1.29 is 4.79 Å². The van der Waals surface area contributed by atoms with Crippen molar-refractivity contribution in [2.24, 2.45) is 0 Å². The van der Waals surface area contributed by atoms with Gasteiger partial charge in [0.1, 0.15) is 0 Å². The van der Waals surface area contributed by atoms with Crippen molar-refractivity contribution in [2.45, 2.75) is 6.54 Å². The van der Waals surface area contributed by atoms with Crippen LogP contribution in [0, 0.1) is 0 Å². The second-order valence-corrected chi connectivity index (χ2v) is 2.12. The van der Waals surface area contributed by atoms with E-state index in [1.165, 1.54) is 6.08 Å². The van der Waals surface area contributed by atoms with Crippen LogP contribution in [-0.2, 0) is 11.3 Å². The van der Waals surface area contributed by atoms with Gasteiger partial charge in [0.25, 0.3) is 0 Å². The summed E-state index contributed by atoms with van der Waals surface area (Å²) in [6, 6.07) is 3.79. The van der Waals surface area contributed by atoms with Gasteiger partial charge in [0.05, 0.1) is 6.54 Å². The van der Waals surface area contributed by atoms with Crippen LogP contribution >= 0.6 is 0 Å². The fourth-order valence-electron chi connectivity index (χ4n) is 0.732. The fourth-order valence-corrected chi connectivity index (χ4v) is 0.732. The average Bonchev–Trinajstić information content (AvgIpc) is 2.52. The van der Waals surface area contributed by atoms with E-state index in [0.717, 1.165) is 5.69 Å². The molecule has 1 heterocycles. The molecule has 0 fully saturated rings. The molecule has 0 aromatic carbocycles. The van der Waals surface area contributed by atoms with Gasteiger partial charge in [0.15, 0.2) is 0 Å². The van der Waals surface area contributed by atoms with Crippen LogP contribution in [0.4, 0.5) is 0 Å². The van der Waals surface area contributed by atoms with Gasteiger partial charge in [-0.3, -0.25) is 4.79 Å². The lowest BCUT2D eigenvalue weighted by Gasteiger charge is -1.97. The van der Waals surface area contributed by atoms with Crippen LogP contribution in [0.15, 0.2) is 31.0 Å². The van der Waals surface area contributed by atoms with E-state index in [4.69, 9.17) is 0 Å². The Morgan fingerprint density at radius 2 is 2.64 bits per heavy atom. The Morgan fingerprint density at radius 1 is 1.82 bits per heavy atom. The molecule has 0 saturated carbocycles. The second kappa shape index (κ2) is 3.61. The Labute approximate surface area is 65.1 Å². The first-order valence-corrected chi connectivity index (χ1v) is 3.35. The van der Waals surface area contributed by atoms with Crippen molar-refractivity contribution in [3.05, 3.63) is 36.7 Å². The van der Waals surface area contributed by atoms with Crippen LogP contribution in [-0.4, -0.2) is 10.9 Å². The number of hydrogen-bond acceptors (Lipinski definition) is 1. The predicted octanol–water partition coefficient (Wildman–Crippen LogP) is 0.817. The standard InChI is InChI=1S/C8H10N2O/c1-2-8(11)10-6-7-4-3-5-9-7/h2-5,9H,1,6H2,(H,10,11). The Bertz CT molecular complexity index is 239. The third-order valence-electron chi connectivity index (χ3n) is 1.30. The van der Waals surface area contributed by atoms with Gasteiger partial charge in [0, 0.05) is 11.9 Å². The first kappa shape index (κ1) is 7.60. The molecule has 2 N–H and O–H groups in total. The maximum atomic E-state index is 10.7. The Morgan fingerprint density at radius 3 is 3.18 bits per heavy atom. The molecule has 3 heteroatoms. The van der Waals surface area contributed by atoms with Crippen LogP contribution in [0.3, 0.4) is 0 Å². The van der Waals surface area contributed by atoms with Gasteiger partial charge >= 0.3 is 0 Å². The molecule has 1 rings (SSSR count). The van der Waals surface area contributed by atoms with Crippen molar-refractivity contribution in [1.29, 1.82) is 0 Å². The van der Waals surface area contributed by atoms with Crippen molar-refractivity contribution in [1.82, 2.24) is 10.3 Å². The van der Waals surface area contributed by atoms with Crippen LogP contribution in [0.1, 0.15) is 5.69 Å². The minimum atomic E-state index is -0.153. The van der Waals surface area contributed by atoms with Crippen LogP contribution in [0.25, 0.3) is 0 Å². The summed E-state index contributed by atoms with van der Waals surface area (Å²) in [5.74, 6) is -0.153. The quantitative estimate of drug-likeness (QED) is 0.615. The van der Waals surface area contributed by atoms with Crippen LogP contribution in [0.2, 0.25) is 0 Å². The SMILES string of the molecule is C=CC(=O)NCc1ccc[nH]1. The third-order valence-corrected chi connectivity index (χ3v) is 1.30. The molecule has 0 saturated heterocycles. The molecule has 0 radical (unpaired) electrons. The molecule has 0 aliphatic carbocycles. The first-order chi connectivity index (χ1) is 5.33. The van der Waals surface area contributed by atoms with E-state index >= 15 is 0 Å². The normalized spacial score (nSPS) is 9.09. The number of rotatable bonds is 3. The van der Waals surface area contributed by atoms with Gasteiger partial charge < -0.3 is 10.3 Å². The number of nitrogens with one attached hydrogen (secondary N) is 2. The van der Waals surface area contributed by atoms with Gasteiger partial charge in [-0.2, -0.15) is 0 Å². The summed E-state index contributed by atoms with van der Waals surface area (Å²) < 4.78 is 0. The number of H-pyrrole nitrogens is 1. The summed E-state index contributed by atoms with van der Waals surface area (Å²) >= 11 is 0. The molecular formula is C8H10N2O. The molecule has 1 aromatic rings. The molecule has 0 aliphatic rings. The molecule has 0 unspecified atom stereocenters. The Kier molecular flexibility index (Phi) is 2.49. The van der Waals surface area contributed by atoms with E-state index < -0.39 is 0 Å². The van der Waals surface area contributed by atoms with Gasteiger partial charge in [-0.1, -0.05) is 6.58 Å². The Balaban J connectivity index is 2.34. The smallest absolute Gasteiger partial charge is 0.243 e. The maximum Gasteiger partial charge on any atom is 0.243 e. The lowest BCUT2D eigenvalue weighted by molar-refractivity contribution is -0.116. The molecule has 1 aromatic heterocycles. The zero-order chi connectivity index (χ0) is 8.10. The lowest BCUT2D eigenvalue weighted by atomic mass is 10.4. The number of carbonyl (C=O) groups excluding carboxylic acids is 1. The minimum Gasteiger partial charge on any atom is -0.364 e. The summed E-state index contributed by atoms with van der Waals surface area (Å²) in [4.78, 5) is 13.6. The zero-order valence-corrected chi connectivity index (χ0v) is 6.13. The fraction of sp³-hybridized carbons (Fsp3) is 0.125. The summed E-state index contributed by atoms with van der Waals surface area (Å²) in [7, 11) is 0. The number of hydrogen-bond donors (Lipinski definition) is 2. The monoisotopic (exact) mass is 150 g/mol. The summed E-state index contributed by atoms with van der Waals surface area (Å²) in [5.41, 5.74) is 0.986. The molecule has 0 spiro atoms. The summed E-state index contributed by atoms with van der Waals surface area (Å²) in [6.07, 6.45) is 3.07. The topological polar surface area (TPSA) is 44.9 Å². The average molecular weight is 150 g/mol. The molecule has 1 amide bonds. The second-order valence-electron chi connectivity index (χ2n) is 2.12. The highest BCUT2D eigenvalue weighted by molar-refractivity contribution is 5.86. The summed E-state index contributed by atoms with van der Waals surface area (Å²) in [5, 5.41) is 2.65. The van der Waals surface area contributed by atoms with Crippen LogP contribution < -0.4 is 5.32 Å². The van der Waals surface area contributed by atoms with E-state index in [1.807, 2.05) is 18.3 Å². The summed E-state index contributed by atoms with van der Waals surface area (Å²) in [6.45, 7) is 3.86. The van der Waals surface area contributed by atoms with Crippen molar-refractivity contribution in [3.63, 3.8) is 0 Å². The van der Waals surface area contributed by atoms with Gasteiger partial charge in [-0.05, 0) is 18.2 Å². The van der Waals surface area contributed by atoms with E-state index in [0.29, 0.717) is 6.54 Å². The molecular weight excluding hydrogens is 140 g/mol. The third kappa shape index (κ3) is 2.29. The highest BCUT2D eigenvalue weighted by Gasteiger charge is 1.93. The lowest BCUT2D eigenvalue weighted by Crippen LogP contribution is -2.19. The zero-order valence-electron chi connectivity index (χ0n) is 6.13.